The van der Waals surface area contributed by atoms with E-state index in [-0.39, 0.29) is 11.4 Å². The summed E-state index contributed by atoms with van der Waals surface area (Å²) in [6, 6.07) is 0. The van der Waals surface area contributed by atoms with Gasteiger partial charge in [-0.1, -0.05) is 6.92 Å². The Hall–Kier alpha value is -0.610. The second-order valence-electron chi connectivity index (χ2n) is 4.98. The SMILES string of the molecule is CCC(C)(C)NC(=O)CN(C)CCCNC. The van der Waals surface area contributed by atoms with Crippen LogP contribution >= 0.6 is 0 Å². The first-order valence-electron chi connectivity index (χ1n) is 6.05. The summed E-state index contributed by atoms with van der Waals surface area (Å²) in [5, 5.41) is 6.13. The summed E-state index contributed by atoms with van der Waals surface area (Å²) < 4.78 is 0. The molecule has 16 heavy (non-hydrogen) atoms. The van der Waals surface area contributed by atoms with Crippen molar-refractivity contribution in [3.05, 3.63) is 0 Å². The molecule has 2 N–H and O–H groups in total. The van der Waals surface area contributed by atoms with Gasteiger partial charge in [0.05, 0.1) is 6.54 Å². The van der Waals surface area contributed by atoms with Gasteiger partial charge in [-0.15, -0.1) is 0 Å². The Balaban J connectivity index is 3.78. The fourth-order valence-electron chi connectivity index (χ4n) is 1.36. The molecule has 0 saturated heterocycles. The van der Waals surface area contributed by atoms with Crippen LogP contribution in [0.1, 0.15) is 33.6 Å². The molecule has 0 aliphatic rings. The van der Waals surface area contributed by atoms with Crippen LogP contribution in [-0.2, 0) is 4.79 Å². The van der Waals surface area contributed by atoms with E-state index in [4.69, 9.17) is 0 Å². The van der Waals surface area contributed by atoms with Crippen molar-refractivity contribution in [3.8, 4) is 0 Å². The lowest BCUT2D eigenvalue weighted by atomic mass is 10.0. The molecule has 1 amide bonds. The molecule has 0 heterocycles. The first-order chi connectivity index (χ1) is 7.41. The third-order valence-corrected chi connectivity index (χ3v) is 2.74. The average molecular weight is 229 g/mol. The van der Waals surface area contributed by atoms with Crippen LogP contribution in [0.2, 0.25) is 0 Å². The number of nitrogens with one attached hydrogen (secondary N) is 2. The topological polar surface area (TPSA) is 44.4 Å². The van der Waals surface area contributed by atoms with Gasteiger partial charge in [0, 0.05) is 5.54 Å². The molecule has 0 rings (SSSR count). The Labute approximate surface area is 99.8 Å². The minimum absolute atomic E-state index is 0.0943. The van der Waals surface area contributed by atoms with E-state index in [0.717, 1.165) is 25.9 Å². The molecule has 4 nitrogen and oxygen atoms in total. The van der Waals surface area contributed by atoms with E-state index in [0.29, 0.717) is 6.54 Å². The van der Waals surface area contributed by atoms with Gasteiger partial charge in [-0.2, -0.15) is 0 Å². The van der Waals surface area contributed by atoms with Crippen LogP contribution < -0.4 is 10.6 Å². The Bertz CT molecular complexity index is 204. The summed E-state index contributed by atoms with van der Waals surface area (Å²) in [4.78, 5) is 13.7. The van der Waals surface area contributed by atoms with Gasteiger partial charge in [-0.25, -0.2) is 0 Å². The van der Waals surface area contributed by atoms with Gasteiger partial charge in [0.15, 0.2) is 0 Å². The highest BCUT2D eigenvalue weighted by atomic mass is 16.2. The molecule has 0 aromatic rings. The summed E-state index contributed by atoms with van der Waals surface area (Å²) in [5.74, 6) is 0.110. The quantitative estimate of drug-likeness (QED) is 0.606. The van der Waals surface area contributed by atoms with Gasteiger partial charge in [0.1, 0.15) is 0 Å². The molecular formula is C12H27N3O. The monoisotopic (exact) mass is 229 g/mol. The van der Waals surface area contributed by atoms with Crippen LogP contribution in [0.15, 0.2) is 0 Å². The average Bonchev–Trinajstić information content (AvgIpc) is 2.17. The van der Waals surface area contributed by atoms with Crippen molar-refractivity contribution in [1.82, 2.24) is 15.5 Å². The maximum Gasteiger partial charge on any atom is 0.234 e. The standard InChI is InChI=1S/C12H27N3O/c1-6-12(2,3)14-11(16)10-15(5)9-7-8-13-4/h13H,6-10H2,1-5H3,(H,14,16). The van der Waals surface area contributed by atoms with Crippen LogP contribution in [0.5, 0.6) is 0 Å². The van der Waals surface area contributed by atoms with Crippen LogP contribution in [-0.4, -0.2) is 50.1 Å². The van der Waals surface area contributed by atoms with Crippen molar-refractivity contribution in [2.75, 3.05) is 33.7 Å². The zero-order chi connectivity index (χ0) is 12.6. The fraction of sp³-hybridized carbons (Fsp3) is 0.917. The van der Waals surface area contributed by atoms with Crippen molar-refractivity contribution >= 4 is 5.91 Å². The van der Waals surface area contributed by atoms with Gasteiger partial charge in [-0.3, -0.25) is 9.69 Å². The highest BCUT2D eigenvalue weighted by Gasteiger charge is 2.18. The minimum atomic E-state index is -0.0943. The van der Waals surface area contributed by atoms with Crippen LogP contribution in [0.3, 0.4) is 0 Å². The van der Waals surface area contributed by atoms with E-state index in [2.05, 4.69) is 22.5 Å². The lowest BCUT2D eigenvalue weighted by molar-refractivity contribution is -0.123. The third-order valence-electron chi connectivity index (χ3n) is 2.74. The predicted molar refractivity (Wildman–Crippen MR) is 68.6 cm³/mol. The van der Waals surface area contributed by atoms with E-state index in [1.54, 1.807) is 0 Å². The number of hydrogen-bond acceptors (Lipinski definition) is 3. The summed E-state index contributed by atoms with van der Waals surface area (Å²) in [6.45, 7) is 8.59. The normalized spacial score (nSPS) is 11.9. The molecule has 0 aliphatic heterocycles. The molecule has 0 atom stereocenters. The first kappa shape index (κ1) is 15.4. The Kier molecular flexibility index (Phi) is 7.34. The molecule has 0 radical (unpaired) electrons. The number of likely N-dealkylation sites (N-methyl/N-ethyl adjacent to an activating group) is 1. The molecule has 0 unspecified atom stereocenters. The molecule has 0 aliphatic carbocycles. The summed E-state index contributed by atoms with van der Waals surface area (Å²) in [5.41, 5.74) is -0.0943. The lowest BCUT2D eigenvalue weighted by Gasteiger charge is -2.26. The minimum Gasteiger partial charge on any atom is -0.350 e. The summed E-state index contributed by atoms with van der Waals surface area (Å²) in [6.07, 6.45) is 2.01. The molecule has 0 aromatic carbocycles. The summed E-state index contributed by atoms with van der Waals surface area (Å²) in [7, 11) is 3.92. The van der Waals surface area contributed by atoms with Gasteiger partial charge >= 0.3 is 0 Å². The lowest BCUT2D eigenvalue weighted by Crippen LogP contribution is -2.47. The van der Waals surface area contributed by atoms with Gasteiger partial charge in [0.2, 0.25) is 5.91 Å². The molecule has 0 saturated carbocycles. The first-order valence-corrected chi connectivity index (χ1v) is 6.05. The number of carbonyl (C=O) groups excluding carboxylic acids is 1. The Morgan fingerprint density at radius 2 is 2.00 bits per heavy atom. The van der Waals surface area contributed by atoms with Gasteiger partial charge in [0.25, 0.3) is 0 Å². The van der Waals surface area contributed by atoms with Gasteiger partial charge in [-0.05, 0) is 53.9 Å². The van der Waals surface area contributed by atoms with Crippen molar-refractivity contribution in [2.24, 2.45) is 0 Å². The van der Waals surface area contributed by atoms with Crippen molar-refractivity contribution in [3.63, 3.8) is 0 Å². The maximum atomic E-state index is 11.7. The van der Waals surface area contributed by atoms with E-state index < -0.39 is 0 Å². The second kappa shape index (κ2) is 7.63. The zero-order valence-electron chi connectivity index (χ0n) is 11.4. The molecule has 4 heteroatoms. The van der Waals surface area contributed by atoms with E-state index in [1.807, 2.05) is 27.9 Å². The molecule has 0 aromatic heterocycles. The maximum absolute atomic E-state index is 11.7. The Morgan fingerprint density at radius 3 is 2.50 bits per heavy atom. The van der Waals surface area contributed by atoms with Crippen LogP contribution in [0, 0.1) is 0 Å². The van der Waals surface area contributed by atoms with E-state index in [9.17, 15) is 4.79 Å². The fourth-order valence-corrected chi connectivity index (χ4v) is 1.36. The van der Waals surface area contributed by atoms with E-state index in [1.165, 1.54) is 0 Å². The number of nitrogens with zero attached hydrogens (tertiary/aromatic N) is 1. The van der Waals surface area contributed by atoms with Crippen molar-refractivity contribution in [1.29, 1.82) is 0 Å². The largest absolute Gasteiger partial charge is 0.350 e. The number of rotatable bonds is 8. The van der Waals surface area contributed by atoms with Crippen molar-refractivity contribution < 1.29 is 4.79 Å². The Morgan fingerprint density at radius 1 is 1.38 bits per heavy atom. The number of hydrogen-bond donors (Lipinski definition) is 2. The van der Waals surface area contributed by atoms with Crippen LogP contribution in [0.25, 0.3) is 0 Å². The molecule has 0 bridgehead atoms. The highest BCUT2D eigenvalue weighted by molar-refractivity contribution is 5.78. The third kappa shape index (κ3) is 7.65. The summed E-state index contributed by atoms with van der Waals surface area (Å²) >= 11 is 0. The molecule has 0 spiro atoms. The van der Waals surface area contributed by atoms with Gasteiger partial charge < -0.3 is 10.6 Å². The smallest absolute Gasteiger partial charge is 0.234 e. The van der Waals surface area contributed by atoms with E-state index >= 15 is 0 Å². The van der Waals surface area contributed by atoms with Crippen LogP contribution in [0.4, 0.5) is 0 Å². The molecule has 0 fully saturated rings. The molecule has 96 valence electrons. The number of carbonyl (C=O) groups is 1. The van der Waals surface area contributed by atoms with Crippen molar-refractivity contribution in [2.45, 2.75) is 39.2 Å². The zero-order valence-corrected chi connectivity index (χ0v) is 11.4. The number of amides is 1. The second-order valence-corrected chi connectivity index (χ2v) is 4.98. The predicted octanol–water partition coefficient (Wildman–Crippen LogP) is 0.833. The highest BCUT2D eigenvalue weighted by Crippen LogP contribution is 2.06. The molecular weight excluding hydrogens is 202 g/mol.